The quantitative estimate of drug-likeness (QED) is 0.841. The second-order valence-corrected chi connectivity index (χ2v) is 5.09. The van der Waals surface area contributed by atoms with Crippen molar-refractivity contribution in [3.8, 4) is 0 Å². The van der Waals surface area contributed by atoms with Gasteiger partial charge in [0.1, 0.15) is 0 Å². The van der Waals surface area contributed by atoms with Crippen LogP contribution >= 0.6 is 0 Å². The van der Waals surface area contributed by atoms with Gasteiger partial charge in [-0.2, -0.15) is 0 Å². The maximum absolute atomic E-state index is 9.85. The minimum atomic E-state index is -0.291. The zero-order valence-electron chi connectivity index (χ0n) is 11.3. The van der Waals surface area contributed by atoms with E-state index in [2.05, 4.69) is 27.3 Å². The molecular weight excluding hydrogens is 230 g/mol. The lowest BCUT2D eigenvalue weighted by Gasteiger charge is -2.36. The van der Waals surface area contributed by atoms with Gasteiger partial charge < -0.3 is 5.11 Å². The van der Waals surface area contributed by atoms with Crippen molar-refractivity contribution in [1.82, 2.24) is 25.1 Å². The molecule has 1 aliphatic heterocycles. The molecule has 0 saturated carbocycles. The minimum absolute atomic E-state index is 0.241. The molecule has 2 heterocycles. The molecule has 1 fully saturated rings. The summed E-state index contributed by atoms with van der Waals surface area (Å²) in [5, 5.41) is 21.7. The van der Waals surface area contributed by atoms with Gasteiger partial charge in [0, 0.05) is 12.6 Å². The van der Waals surface area contributed by atoms with Crippen LogP contribution in [-0.4, -0.2) is 48.9 Å². The summed E-state index contributed by atoms with van der Waals surface area (Å²) < 4.78 is 1.87. The Kier molecular flexibility index (Phi) is 4.66. The molecule has 0 aliphatic carbocycles. The van der Waals surface area contributed by atoms with Gasteiger partial charge >= 0.3 is 0 Å². The third kappa shape index (κ3) is 3.05. The van der Waals surface area contributed by atoms with E-state index in [4.69, 9.17) is 0 Å². The lowest BCUT2D eigenvalue weighted by molar-refractivity contribution is 0.0294. The molecule has 0 aromatic carbocycles. The molecule has 18 heavy (non-hydrogen) atoms. The Bertz CT molecular complexity index is 365. The molecule has 0 amide bonds. The van der Waals surface area contributed by atoms with Gasteiger partial charge in [-0.15, -0.1) is 5.10 Å². The van der Waals surface area contributed by atoms with Crippen LogP contribution in [-0.2, 0) is 13.1 Å². The van der Waals surface area contributed by atoms with E-state index in [0.29, 0.717) is 0 Å². The molecule has 0 bridgehead atoms. The lowest BCUT2D eigenvalue weighted by atomic mass is 9.98. The van der Waals surface area contributed by atoms with Crippen molar-refractivity contribution >= 4 is 0 Å². The van der Waals surface area contributed by atoms with Gasteiger partial charge in [-0.1, -0.05) is 13.3 Å². The van der Waals surface area contributed by atoms with Crippen LogP contribution in [0.1, 0.15) is 45.4 Å². The molecule has 6 heteroatoms. The number of aliphatic hydroxyl groups is 1. The van der Waals surface area contributed by atoms with E-state index in [1.807, 2.05) is 11.6 Å². The van der Waals surface area contributed by atoms with Crippen molar-refractivity contribution in [1.29, 1.82) is 0 Å². The van der Waals surface area contributed by atoms with Crippen LogP contribution in [0, 0.1) is 0 Å². The SMILES string of the molecule is CCCn1nnnc1CN1CCCC[C@H]1[C@@H](C)O. The van der Waals surface area contributed by atoms with Crippen LogP contribution in [0.3, 0.4) is 0 Å². The topological polar surface area (TPSA) is 67.1 Å². The fourth-order valence-electron chi connectivity index (χ4n) is 2.66. The number of aliphatic hydroxyl groups excluding tert-OH is 1. The van der Waals surface area contributed by atoms with Crippen LogP contribution in [0.2, 0.25) is 0 Å². The molecule has 1 aliphatic rings. The maximum Gasteiger partial charge on any atom is 0.165 e. The largest absolute Gasteiger partial charge is 0.392 e. The predicted molar refractivity (Wildman–Crippen MR) is 67.8 cm³/mol. The van der Waals surface area contributed by atoms with Gasteiger partial charge in [0.05, 0.1) is 12.6 Å². The molecule has 2 atom stereocenters. The Labute approximate surface area is 108 Å². The van der Waals surface area contributed by atoms with Crippen molar-refractivity contribution in [3.05, 3.63) is 5.82 Å². The Morgan fingerprint density at radius 3 is 3.00 bits per heavy atom. The molecule has 6 nitrogen and oxygen atoms in total. The van der Waals surface area contributed by atoms with Crippen molar-refractivity contribution < 1.29 is 5.11 Å². The van der Waals surface area contributed by atoms with Gasteiger partial charge in [0.25, 0.3) is 0 Å². The number of likely N-dealkylation sites (tertiary alicyclic amines) is 1. The first kappa shape index (κ1) is 13.4. The van der Waals surface area contributed by atoms with E-state index >= 15 is 0 Å². The average Bonchev–Trinajstić information content (AvgIpc) is 2.78. The fourth-order valence-corrected chi connectivity index (χ4v) is 2.66. The zero-order valence-corrected chi connectivity index (χ0v) is 11.3. The number of tetrazole rings is 1. The summed E-state index contributed by atoms with van der Waals surface area (Å²) in [6.07, 6.45) is 4.19. The highest BCUT2D eigenvalue weighted by molar-refractivity contribution is 4.87. The average molecular weight is 253 g/mol. The summed E-state index contributed by atoms with van der Waals surface area (Å²) in [7, 11) is 0. The Balaban J connectivity index is 2.04. The van der Waals surface area contributed by atoms with Gasteiger partial charge in [-0.25, -0.2) is 4.68 Å². The van der Waals surface area contributed by atoms with Crippen LogP contribution in [0.15, 0.2) is 0 Å². The third-order valence-electron chi connectivity index (χ3n) is 3.61. The van der Waals surface area contributed by atoms with Gasteiger partial charge in [0.2, 0.25) is 0 Å². The number of rotatable bonds is 5. The van der Waals surface area contributed by atoms with Crippen LogP contribution < -0.4 is 0 Å². The van der Waals surface area contributed by atoms with Gasteiger partial charge in [0.15, 0.2) is 5.82 Å². The van der Waals surface area contributed by atoms with E-state index in [1.165, 1.54) is 12.8 Å². The zero-order chi connectivity index (χ0) is 13.0. The molecule has 0 radical (unpaired) electrons. The smallest absolute Gasteiger partial charge is 0.165 e. The van der Waals surface area contributed by atoms with Gasteiger partial charge in [-0.3, -0.25) is 4.90 Å². The number of aromatic nitrogens is 4. The molecule has 1 saturated heterocycles. The van der Waals surface area contributed by atoms with E-state index in [-0.39, 0.29) is 12.1 Å². The molecule has 1 aromatic heterocycles. The molecule has 2 rings (SSSR count). The van der Waals surface area contributed by atoms with E-state index in [1.54, 1.807) is 0 Å². The summed E-state index contributed by atoms with van der Waals surface area (Å²) >= 11 is 0. The summed E-state index contributed by atoms with van der Waals surface area (Å²) in [5.41, 5.74) is 0. The number of nitrogens with zero attached hydrogens (tertiary/aromatic N) is 5. The minimum Gasteiger partial charge on any atom is -0.392 e. The molecule has 0 unspecified atom stereocenters. The fraction of sp³-hybridized carbons (Fsp3) is 0.917. The molecule has 102 valence electrons. The Morgan fingerprint density at radius 1 is 1.44 bits per heavy atom. The first-order chi connectivity index (χ1) is 8.72. The van der Waals surface area contributed by atoms with Gasteiger partial charge in [-0.05, 0) is 43.2 Å². The predicted octanol–water partition coefficient (Wildman–Crippen LogP) is 0.818. The third-order valence-corrected chi connectivity index (χ3v) is 3.61. The first-order valence-electron chi connectivity index (χ1n) is 6.89. The second kappa shape index (κ2) is 6.24. The Morgan fingerprint density at radius 2 is 2.28 bits per heavy atom. The molecule has 1 N–H and O–H groups in total. The Hall–Kier alpha value is -1.01. The van der Waals surface area contributed by atoms with E-state index in [9.17, 15) is 5.11 Å². The van der Waals surface area contributed by atoms with Crippen LogP contribution in [0.25, 0.3) is 0 Å². The summed E-state index contributed by atoms with van der Waals surface area (Å²) in [6, 6.07) is 0.241. The van der Waals surface area contributed by atoms with Crippen LogP contribution in [0.4, 0.5) is 0 Å². The number of aryl methyl sites for hydroxylation is 1. The summed E-state index contributed by atoms with van der Waals surface area (Å²) in [6.45, 7) is 6.61. The van der Waals surface area contributed by atoms with E-state index in [0.717, 1.165) is 38.3 Å². The lowest BCUT2D eigenvalue weighted by Crippen LogP contribution is -2.45. The van der Waals surface area contributed by atoms with Crippen molar-refractivity contribution in [2.24, 2.45) is 0 Å². The second-order valence-electron chi connectivity index (χ2n) is 5.09. The molecule has 1 aromatic rings. The highest BCUT2D eigenvalue weighted by atomic mass is 16.3. The number of piperidine rings is 1. The van der Waals surface area contributed by atoms with Crippen molar-refractivity contribution in [2.75, 3.05) is 6.54 Å². The summed E-state index contributed by atoms with van der Waals surface area (Å²) in [5.74, 6) is 0.907. The molecule has 0 spiro atoms. The van der Waals surface area contributed by atoms with Crippen molar-refractivity contribution in [2.45, 2.75) is 64.8 Å². The van der Waals surface area contributed by atoms with E-state index < -0.39 is 0 Å². The first-order valence-corrected chi connectivity index (χ1v) is 6.89. The van der Waals surface area contributed by atoms with Crippen LogP contribution in [0.5, 0.6) is 0 Å². The highest BCUT2D eigenvalue weighted by Crippen LogP contribution is 2.21. The normalized spacial score (nSPS) is 23.2. The standard InChI is InChI=1S/C12H23N5O/c1-3-7-17-12(13-14-15-17)9-16-8-5-4-6-11(16)10(2)18/h10-11,18H,3-9H2,1-2H3/t10-,11+/m1/s1. The monoisotopic (exact) mass is 253 g/mol. The van der Waals surface area contributed by atoms with Crippen molar-refractivity contribution in [3.63, 3.8) is 0 Å². The number of hydrogen-bond donors (Lipinski definition) is 1. The summed E-state index contributed by atoms with van der Waals surface area (Å²) in [4.78, 5) is 2.31. The number of hydrogen-bond acceptors (Lipinski definition) is 5. The maximum atomic E-state index is 9.85. The highest BCUT2D eigenvalue weighted by Gasteiger charge is 2.27. The molecular formula is C12H23N5O.